The standard InChI is InChI=1S/C23H30NO6P/c1-18(2)15-21(24-23(26)30-17-20-11-7-4-8-12-20)31(27,28)14-13-22(25)29-16-19-9-5-3-6-10-19/h3-12,18,21H,13-17H2,1-2H3,(H,24,26)(H,27,28). The molecule has 2 aromatic rings. The zero-order valence-corrected chi connectivity index (χ0v) is 18.8. The SMILES string of the molecule is CC(C)CC(NC(=O)OCc1ccccc1)P(=O)(O)CCC(=O)OCc1ccccc1. The molecule has 0 fully saturated rings. The molecule has 0 saturated heterocycles. The van der Waals surface area contributed by atoms with Crippen LogP contribution in [0, 0.1) is 5.92 Å². The third-order valence-electron chi connectivity index (χ3n) is 4.56. The highest BCUT2D eigenvalue weighted by Crippen LogP contribution is 2.48. The van der Waals surface area contributed by atoms with Gasteiger partial charge in [-0.3, -0.25) is 9.36 Å². The van der Waals surface area contributed by atoms with Gasteiger partial charge in [-0.15, -0.1) is 0 Å². The molecule has 7 nitrogen and oxygen atoms in total. The Morgan fingerprint density at radius 1 is 0.935 bits per heavy atom. The summed E-state index contributed by atoms with van der Waals surface area (Å²) in [5.41, 5.74) is 1.65. The van der Waals surface area contributed by atoms with Gasteiger partial charge in [0, 0.05) is 6.16 Å². The summed E-state index contributed by atoms with van der Waals surface area (Å²) in [6, 6.07) is 18.3. The maximum absolute atomic E-state index is 12.9. The molecule has 2 atom stereocenters. The lowest BCUT2D eigenvalue weighted by Crippen LogP contribution is -2.37. The zero-order chi connectivity index (χ0) is 22.7. The van der Waals surface area contributed by atoms with Crippen LogP contribution in [0.2, 0.25) is 0 Å². The highest BCUT2D eigenvalue weighted by molar-refractivity contribution is 7.58. The second-order valence-corrected chi connectivity index (χ2v) is 10.3. The van der Waals surface area contributed by atoms with Crippen LogP contribution < -0.4 is 5.32 Å². The predicted molar refractivity (Wildman–Crippen MR) is 119 cm³/mol. The monoisotopic (exact) mass is 447 g/mol. The minimum absolute atomic E-state index is 0.0581. The molecule has 0 aliphatic rings. The molecule has 0 aromatic heterocycles. The lowest BCUT2D eigenvalue weighted by atomic mass is 10.1. The van der Waals surface area contributed by atoms with E-state index in [1.807, 2.05) is 74.5 Å². The number of rotatable bonds is 11. The van der Waals surface area contributed by atoms with Crippen LogP contribution in [0.25, 0.3) is 0 Å². The summed E-state index contributed by atoms with van der Waals surface area (Å²) in [4.78, 5) is 34.8. The van der Waals surface area contributed by atoms with E-state index in [1.54, 1.807) is 0 Å². The van der Waals surface area contributed by atoms with Crippen LogP contribution in [0.3, 0.4) is 0 Å². The summed E-state index contributed by atoms with van der Waals surface area (Å²) in [6.45, 7) is 3.94. The van der Waals surface area contributed by atoms with E-state index in [-0.39, 0.29) is 38.1 Å². The van der Waals surface area contributed by atoms with E-state index in [0.29, 0.717) is 0 Å². The molecule has 2 N–H and O–H groups in total. The Morgan fingerprint density at radius 2 is 1.45 bits per heavy atom. The summed E-state index contributed by atoms with van der Waals surface area (Å²) in [7, 11) is -3.87. The van der Waals surface area contributed by atoms with Gasteiger partial charge in [0.05, 0.1) is 6.42 Å². The molecule has 1 amide bonds. The molecule has 2 unspecified atom stereocenters. The Morgan fingerprint density at radius 3 is 1.97 bits per heavy atom. The average Bonchev–Trinajstić information content (AvgIpc) is 2.75. The highest BCUT2D eigenvalue weighted by atomic mass is 31.2. The highest BCUT2D eigenvalue weighted by Gasteiger charge is 2.33. The second kappa shape index (κ2) is 12.3. The first-order valence-corrected chi connectivity index (χ1v) is 12.2. The van der Waals surface area contributed by atoms with Crippen molar-refractivity contribution in [2.24, 2.45) is 5.92 Å². The number of alkyl carbamates (subject to hydrolysis) is 1. The van der Waals surface area contributed by atoms with E-state index >= 15 is 0 Å². The first kappa shape index (κ1) is 24.6. The number of nitrogens with one attached hydrogen (secondary N) is 1. The van der Waals surface area contributed by atoms with E-state index in [1.165, 1.54) is 0 Å². The number of hydrogen-bond donors (Lipinski definition) is 2. The smallest absolute Gasteiger partial charge is 0.408 e. The Hall–Kier alpha value is -2.63. The molecule has 31 heavy (non-hydrogen) atoms. The molecule has 0 aliphatic carbocycles. The summed E-state index contributed by atoms with van der Waals surface area (Å²) < 4.78 is 23.3. The van der Waals surface area contributed by atoms with Crippen molar-refractivity contribution in [3.63, 3.8) is 0 Å². The van der Waals surface area contributed by atoms with E-state index in [2.05, 4.69) is 5.32 Å². The zero-order valence-electron chi connectivity index (χ0n) is 17.9. The number of carbonyl (C=O) groups excluding carboxylic acids is 2. The summed E-state index contributed by atoms with van der Waals surface area (Å²) in [5.74, 6) is -1.50. The van der Waals surface area contributed by atoms with Gasteiger partial charge in [0.25, 0.3) is 0 Å². The Kier molecular flexibility index (Phi) is 9.76. The van der Waals surface area contributed by atoms with Crippen molar-refractivity contribution in [1.29, 1.82) is 0 Å². The first-order valence-electron chi connectivity index (χ1n) is 10.2. The quantitative estimate of drug-likeness (QED) is 0.383. The molecular weight excluding hydrogens is 417 g/mol. The van der Waals surface area contributed by atoms with Crippen molar-refractivity contribution < 1.29 is 28.5 Å². The molecule has 168 valence electrons. The topological polar surface area (TPSA) is 102 Å². The van der Waals surface area contributed by atoms with Crippen LogP contribution in [-0.4, -0.2) is 28.9 Å². The van der Waals surface area contributed by atoms with Gasteiger partial charge in [0.15, 0.2) is 0 Å². The van der Waals surface area contributed by atoms with Crippen molar-refractivity contribution in [3.05, 3.63) is 71.8 Å². The van der Waals surface area contributed by atoms with Crippen molar-refractivity contribution in [1.82, 2.24) is 5.32 Å². The first-order chi connectivity index (χ1) is 14.8. The van der Waals surface area contributed by atoms with Crippen LogP contribution in [0.4, 0.5) is 4.79 Å². The number of amides is 1. The van der Waals surface area contributed by atoms with Crippen LogP contribution in [0.5, 0.6) is 0 Å². The summed E-state index contributed by atoms with van der Waals surface area (Å²) >= 11 is 0. The molecule has 2 aromatic carbocycles. The molecule has 0 heterocycles. The molecule has 0 saturated carbocycles. The molecule has 2 rings (SSSR count). The van der Waals surface area contributed by atoms with Crippen LogP contribution in [-0.2, 0) is 32.0 Å². The minimum Gasteiger partial charge on any atom is -0.461 e. The third kappa shape index (κ3) is 9.37. The molecule has 0 bridgehead atoms. The van der Waals surface area contributed by atoms with Gasteiger partial charge in [0.2, 0.25) is 7.37 Å². The Bertz CT molecular complexity index is 872. The number of ether oxygens (including phenoxy) is 2. The van der Waals surface area contributed by atoms with Gasteiger partial charge in [-0.1, -0.05) is 74.5 Å². The molecule has 0 radical (unpaired) electrons. The average molecular weight is 447 g/mol. The van der Waals surface area contributed by atoms with Gasteiger partial charge >= 0.3 is 12.1 Å². The largest absolute Gasteiger partial charge is 0.461 e. The van der Waals surface area contributed by atoms with E-state index in [4.69, 9.17) is 9.47 Å². The number of benzene rings is 2. The second-order valence-electron chi connectivity index (χ2n) is 7.73. The third-order valence-corrected chi connectivity index (χ3v) is 6.74. The number of carbonyl (C=O) groups is 2. The number of hydrogen-bond acceptors (Lipinski definition) is 5. The molecular formula is C23H30NO6P. The van der Waals surface area contributed by atoms with Gasteiger partial charge in [-0.2, -0.15) is 0 Å². The van der Waals surface area contributed by atoms with E-state index < -0.39 is 25.2 Å². The fraction of sp³-hybridized carbons (Fsp3) is 0.391. The van der Waals surface area contributed by atoms with Crippen molar-refractivity contribution in [2.75, 3.05) is 6.16 Å². The van der Waals surface area contributed by atoms with Crippen molar-refractivity contribution in [3.8, 4) is 0 Å². The van der Waals surface area contributed by atoms with Gasteiger partial charge in [-0.05, 0) is 23.5 Å². The lowest BCUT2D eigenvalue weighted by Gasteiger charge is -2.25. The normalized spacial score (nSPS) is 13.8. The minimum atomic E-state index is -3.87. The fourth-order valence-corrected chi connectivity index (χ4v) is 4.76. The van der Waals surface area contributed by atoms with Gasteiger partial charge < -0.3 is 19.7 Å². The molecule has 8 heteroatoms. The van der Waals surface area contributed by atoms with Crippen molar-refractivity contribution in [2.45, 2.75) is 45.7 Å². The Balaban J connectivity index is 1.87. The summed E-state index contributed by atoms with van der Waals surface area (Å²) in [6.07, 6.45) is -0.976. The van der Waals surface area contributed by atoms with Gasteiger partial charge in [-0.25, -0.2) is 4.79 Å². The lowest BCUT2D eigenvalue weighted by molar-refractivity contribution is -0.144. The molecule has 0 spiro atoms. The van der Waals surface area contributed by atoms with E-state index in [9.17, 15) is 19.0 Å². The van der Waals surface area contributed by atoms with E-state index in [0.717, 1.165) is 11.1 Å². The number of esters is 1. The van der Waals surface area contributed by atoms with Crippen LogP contribution in [0.15, 0.2) is 60.7 Å². The molecule has 0 aliphatic heterocycles. The Labute approximate surface area is 183 Å². The van der Waals surface area contributed by atoms with Crippen LogP contribution in [0.1, 0.15) is 37.8 Å². The summed E-state index contributed by atoms with van der Waals surface area (Å²) in [5, 5.41) is 2.51. The fourth-order valence-electron chi connectivity index (χ4n) is 2.89. The van der Waals surface area contributed by atoms with Crippen LogP contribution >= 0.6 is 7.37 Å². The maximum Gasteiger partial charge on any atom is 0.408 e. The van der Waals surface area contributed by atoms with Gasteiger partial charge in [0.1, 0.15) is 19.0 Å². The van der Waals surface area contributed by atoms with Crippen molar-refractivity contribution >= 4 is 19.4 Å². The maximum atomic E-state index is 12.9. The predicted octanol–water partition coefficient (Wildman–Crippen LogP) is 4.69.